The molecule has 106 valence electrons. The highest BCUT2D eigenvalue weighted by molar-refractivity contribution is 5.35. The minimum atomic E-state index is 0.829. The molecule has 0 bridgehead atoms. The molecule has 2 rings (SSSR count). The molecule has 0 radical (unpaired) electrons. The fourth-order valence-electron chi connectivity index (χ4n) is 2.52. The molecule has 0 atom stereocenters. The maximum atomic E-state index is 5.85. The molecular weight excluding hydrogens is 236 g/mol. The molecule has 1 aromatic rings. The smallest absolute Gasteiger partial charge is 0.122 e. The predicted octanol–water partition coefficient (Wildman–Crippen LogP) is 2.37. The van der Waals surface area contributed by atoms with Gasteiger partial charge in [-0.05, 0) is 44.9 Å². The van der Waals surface area contributed by atoms with Crippen LogP contribution >= 0.6 is 0 Å². The third-order valence-corrected chi connectivity index (χ3v) is 3.67. The van der Waals surface area contributed by atoms with Crippen LogP contribution in [-0.2, 0) is 0 Å². The van der Waals surface area contributed by atoms with Gasteiger partial charge in [0.2, 0.25) is 0 Å². The molecule has 3 nitrogen and oxygen atoms in total. The quantitative estimate of drug-likeness (QED) is 0.797. The number of piperazine rings is 1. The molecule has 0 amide bonds. The summed E-state index contributed by atoms with van der Waals surface area (Å²) in [6.07, 6.45) is 2.36. The molecule has 0 spiro atoms. The Bertz CT molecular complexity index is 386. The average Bonchev–Trinajstić information content (AvgIpc) is 2.42. The van der Waals surface area contributed by atoms with Crippen molar-refractivity contribution >= 4 is 0 Å². The van der Waals surface area contributed by atoms with E-state index >= 15 is 0 Å². The number of aryl methyl sites for hydroxylation is 2. The second-order valence-electron chi connectivity index (χ2n) is 5.42. The van der Waals surface area contributed by atoms with Crippen molar-refractivity contribution in [2.75, 3.05) is 39.3 Å². The minimum Gasteiger partial charge on any atom is -0.493 e. The van der Waals surface area contributed by atoms with E-state index in [9.17, 15) is 0 Å². The summed E-state index contributed by atoms with van der Waals surface area (Å²) < 4.78 is 5.85. The van der Waals surface area contributed by atoms with Gasteiger partial charge in [-0.1, -0.05) is 17.7 Å². The lowest BCUT2D eigenvalue weighted by atomic mass is 10.1. The third-order valence-electron chi connectivity index (χ3n) is 3.67. The van der Waals surface area contributed by atoms with E-state index in [2.05, 4.69) is 42.3 Å². The highest BCUT2D eigenvalue weighted by Gasteiger charge is 2.08. The lowest BCUT2D eigenvalue weighted by molar-refractivity contribution is 0.226. The highest BCUT2D eigenvalue weighted by Crippen LogP contribution is 2.18. The van der Waals surface area contributed by atoms with Crippen LogP contribution in [0.2, 0.25) is 0 Å². The molecule has 1 aliphatic rings. The van der Waals surface area contributed by atoms with Crippen molar-refractivity contribution < 1.29 is 4.74 Å². The Morgan fingerprint density at radius 2 is 1.95 bits per heavy atom. The van der Waals surface area contributed by atoms with Crippen LogP contribution < -0.4 is 10.1 Å². The van der Waals surface area contributed by atoms with Crippen LogP contribution in [0.25, 0.3) is 0 Å². The fraction of sp³-hybridized carbons (Fsp3) is 0.625. The van der Waals surface area contributed by atoms with E-state index in [-0.39, 0.29) is 0 Å². The van der Waals surface area contributed by atoms with Crippen molar-refractivity contribution in [3.63, 3.8) is 0 Å². The average molecular weight is 262 g/mol. The van der Waals surface area contributed by atoms with Crippen molar-refractivity contribution in [3.8, 4) is 5.75 Å². The van der Waals surface area contributed by atoms with Gasteiger partial charge >= 0.3 is 0 Å². The van der Waals surface area contributed by atoms with Crippen molar-refractivity contribution in [2.24, 2.45) is 0 Å². The van der Waals surface area contributed by atoms with E-state index in [0.717, 1.165) is 31.9 Å². The minimum absolute atomic E-state index is 0.829. The van der Waals surface area contributed by atoms with Crippen molar-refractivity contribution in [1.29, 1.82) is 0 Å². The predicted molar refractivity (Wildman–Crippen MR) is 80.0 cm³/mol. The Labute approximate surface area is 116 Å². The van der Waals surface area contributed by atoms with Gasteiger partial charge in [0.15, 0.2) is 0 Å². The molecular formula is C16H26N2O. The Morgan fingerprint density at radius 3 is 2.68 bits per heavy atom. The van der Waals surface area contributed by atoms with E-state index in [1.165, 1.54) is 37.2 Å². The third kappa shape index (κ3) is 4.84. The van der Waals surface area contributed by atoms with Crippen LogP contribution in [0, 0.1) is 13.8 Å². The monoisotopic (exact) mass is 262 g/mol. The zero-order valence-corrected chi connectivity index (χ0v) is 12.2. The van der Waals surface area contributed by atoms with Crippen LogP contribution in [0.15, 0.2) is 18.2 Å². The molecule has 3 heteroatoms. The summed E-state index contributed by atoms with van der Waals surface area (Å²) in [5, 5.41) is 3.38. The molecule has 1 aromatic carbocycles. The van der Waals surface area contributed by atoms with Crippen LogP contribution in [0.5, 0.6) is 5.75 Å². The SMILES string of the molecule is Cc1ccc(OCCCCN2CCNCC2)c(C)c1. The lowest BCUT2D eigenvalue weighted by Crippen LogP contribution is -2.43. The fourth-order valence-corrected chi connectivity index (χ4v) is 2.52. The molecule has 1 saturated heterocycles. The zero-order chi connectivity index (χ0) is 13.5. The first-order valence-corrected chi connectivity index (χ1v) is 7.39. The van der Waals surface area contributed by atoms with Crippen LogP contribution in [0.1, 0.15) is 24.0 Å². The first-order valence-electron chi connectivity index (χ1n) is 7.39. The van der Waals surface area contributed by atoms with Gasteiger partial charge in [0.1, 0.15) is 5.75 Å². The van der Waals surface area contributed by atoms with Gasteiger partial charge in [0, 0.05) is 26.2 Å². The van der Waals surface area contributed by atoms with E-state index in [0.29, 0.717) is 0 Å². The number of hydrogen-bond donors (Lipinski definition) is 1. The molecule has 1 N–H and O–H groups in total. The molecule has 0 aliphatic carbocycles. The number of ether oxygens (including phenoxy) is 1. The maximum Gasteiger partial charge on any atom is 0.122 e. The van der Waals surface area contributed by atoms with Crippen molar-refractivity contribution in [3.05, 3.63) is 29.3 Å². The summed E-state index contributed by atoms with van der Waals surface area (Å²) in [5.41, 5.74) is 2.53. The topological polar surface area (TPSA) is 24.5 Å². The zero-order valence-electron chi connectivity index (χ0n) is 12.2. The number of benzene rings is 1. The lowest BCUT2D eigenvalue weighted by Gasteiger charge is -2.27. The maximum absolute atomic E-state index is 5.85. The summed E-state index contributed by atoms with van der Waals surface area (Å²) in [6, 6.07) is 6.38. The van der Waals surface area contributed by atoms with Crippen molar-refractivity contribution in [1.82, 2.24) is 10.2 Å². The first-order chi connectivity index (χ1) is 9.25. The number of hydrogen-bond acceptors (Lipinski definition) is 3. The van der Waals surface area contributed by atoms with Gasteiger partial charge in [-0.3, -0.25) is 0 Å². The standard InChI is InChI=1S/C16H26N2O/c1-14-5-6-16(15(2)13-14)19-12-4-3-9-18-10-7-17-8-11-18/h5-6,13,17H,3-4,7-12H2,1-2H3. The summed E-state index contributed by atoms with van der Waals surface area (Å²) in [4.78, 5) is 2.54. The number of nitrogens with zero attached hydrogens (tertiary/aromatic N) is 1. The number of unbranched alkanes of at least 4 members (excludes halogenated alkanes) is 1. The number of nitrogens with one attached hydrogen (secondary N) is 1. The summed E-state index contributed by atoms with van der Waals surface area (Å²) in [7, 11) is 0. The molecule has 1 aliphatic heterocycles. The summed E-state index contributed by atoms with van der Waals surface area (Å²) >= 11 is 0. The van der Waals surface area contributed by atoms with E-state index in [4.69, 9.17) is 4.74 Å². The van der Waals surface area contributed by atoms with Gasteiger partial charge in [-0.2, -0.15) is 0 Å². The second kappa shape index (κ2) is 7.51. The first kappa shape index (κ1) is 14.4. The van der Waals surface area contributed by atoms with Gasteiger partial charge in [-0.15, -0.1) is 0 Å². The molecule has 0 saturated carbocycles. The Balaban J connectivity index is 1.61. The van der Waals surface area contributed by atoms with Crippen LogP contribution in [0.3, 0.4) is 0 Å². The molecule has 1 fully saturated rings. The normalized spacial score (nSPS) is 16.5. The van der Waals surface area contributed by atoms with Gasteiger partial charge in [0.25, 0.3) is 0 Å². The molecule has 19 heavy (non-hydrogen) atoms. The van der Waals surface area contributed by atoms with E-state index < -0.39 is 0 Å². The van der Waals surface area contributed by atoms with Crippen LogP contribution in [0.4, 0.5) is 0 Å². The highest BCUT2D eigenvalue weighted by atomic mass is 16.5. The van der Waals surface area contributed by atoms with E-state index in [1.54, 1.807) is 0 Å². The molecule has 1 heterocycles. The summed E-state index contributed by atoms with van der Waals surface area (Å²) in [6.45, 7) is 10.9. The Hall–Kier alpha value is -1.06. The Kier molecular flexibility index (Phi) is 5.67. The van der Waals surface area contributed by atoms with Gasteiger partial charge in [-0.25, -0.2) is 0 Å². The van der Waals surface area contributed by atoms with Gasteiger partial charge < -0.3 is 15.0 Å². The van der Waals surface area contributed by atoms with E-state index in [1.807, 2.05) is 0 Å². The number of rotatable bonds is 6. The summed E-state index contributed by atoms with van der Waals surface area (Å²) in [5.74, 6) is 1.03. The molecule has 0 unspecified atom stereocenters. The largest absolute Gasteiger partial charge is 0.493 e. The van der Waals surface area contributed by atoms with Crippen molar-refractivity contribution in [2.45, 2.75) is 26.7 Å². The molecule has 0 aromatic heterocycles. The van der Waals surface area contributed by atoms with Gasteiger partial charge in [0.05, 0.1) is 6.61 Å². The second-order valence-corrected chi connectivity index (χ2v) is 5.42. The van der Waals surface area contributed by atoms with Crippen LogP contribution in [-0.4, -0.2) is 44.2 Å². The Morgan fingerprint density at radius 1 is 1.16 bits per heavy atom.